The van der Waals surface area contributed by atoms with Crippen LogP contribution >= 0.6 is 0 Å². The van der Waals surface area contributed by atoms with Crippen molar-refractivity contribution >= 4 is 16.9 Å². The zero-order chi connectivity index (χ0) is 24.9. The van der Waals surface area contributed by atoms with E-state index < -0.39 is 6.09 Å². The minimum absolute atomic E-state index is 0.0744. The fourth-order valence-electron chi connectivity index (χ4n) is 4.15. The first kappa shape index (κ1) is 24.0. The van der Waals surface area contributed by atoms with Gasteiger partial charge in [0.05, 0.1) is 6.54 Å². The molecule has 0 saturated heterocycles. The van der Waals surface area contributed by atoms with Gasteiger partial charge in [-0.3, -0.25) is 4.79 Å². The molecule has 0 aliphatic heterocycles. The summed E-state index contributed by atoms with van der Waals surface area (Å²) in [4.78, 5) is 24.9. The highest BCUT2D eigenvalue weighted by Gasteiger charge is 2.20. The minimum Gasteiger partial charge on any atom is -0.489 e. The molecule has 3 aromatic carbocycles. The van der Waals surface area contributed by atoms with Gasteiger partial charge >= 0.3 is 6.09 Å². The average Bonchev–Trinajstić information content (AvgIpc) is 2.84. The molecule has 0 aliphatic rings. The minimum atomic E-state index is -1.20. The van der Waals surface area contributed by atoms with E-state index in [4.69, 9.17) is 4.74 Å². The highest BCUT2D eigenvalue weighted by atomic mass is 19.1. The highest BCUT2D eigenvalue weighted by Crippen LogP contribution is 2.33. The van der Waals surface area contributed by atoms with Crippen LogP contribution in [0.4, 0.5) is 9.18 Å². The third-order valence-corrected chi connectivity index (χ3v) is 5.69. The number of carboxylic acid groups (broad SMARTS) is 1. The van der Waals surface area contributed by atoms with Gasteiger partial charge in [-0.1, -0.05) is 56.3 Å². The van der Waals surface area contributed by atoms with Gasteiger partial charge in [0.1, 0.15) is 18.2 Å². The van der Waals surface area contributed by atoms with E-state index in [1.807, 2.05) is 44.2 Å². The number of nitrogens with one attached hydrogen (secondary N) is 1. The van der Waals surface area contributed by atoms with Crippen LogP contribution < -0.4 is 15.6 Å². The SMILES string of the molecule is CC(C)Cn1c(CNC(=O)O)c(-c2ccc(F)cc2)c2cc(OCc3ccccc3)ccc2c1=O. The molecule has 0 fully saturated rings. The Labute approximate surface area is 202 Å². The van der Waals surface area contributed by atoms with E-state index in [9.17, 15) is 19.1 Å². The summed E-state index contributed by atoms with van der Waals surface area (Å²) in [6, 6.07) is 21.0. The number of pyridine rings is 1. The zero-order valence-electron chi connectivity index (χ0n) is 19.6. The van der Waals surface area contributed by atoms with Crippen molar-refractivity contribution < 1.29 is 19.0 Å². The van der Waals surface area contributed by atoms with Crippen LogP contribution in [0.3, 0.4) is 0 Å². The van der Waals surface area contributed by atoms with Crippen molar-refractivity contribution in [1.82, 2.24) is 9.88 Å². The number of hydrogen-bond donors (Lipinski definition) is 2. The van der Waals surface area contributed by atoms with E-state index in [1.54, 1.807) is 34.9 Å². The number of nitrogens with zero attached hydrogens (tertiary/aromatic N) is 1. The normalized spacial score (nSPS) is 11.1. The molecule has 180 valence electrons. The quantitative estimate of drug-likeness (QED) is 0.338. The number of halogens is 1. The van der Waals surface area contributed by atoms with Crippen LogP contribution in [-0.4, -0.2) is 15.8 Å². The van der Waals surface area contributed by atoms with Crippen molar-refractivity contribution in [3.8, 4) is 16.9 Å². The lowest BCUT2D eigenvalue weighted by atomic mass is 9.96. The number of hydrogen-bond acceptors (Lipinski definition) is 3. The van der Waals surface area contributed by atoms with Crippen LogP contribution in [0.1, 0.15) is 25.1 Å². The van der Waals surface area contributed by atoms with Gasteiger partial charge in [0.25, 0.3) is 5.56 Å². The van der Waals surface area contributed by atoms with Crippen molar-refractivity contribution in [3.63, 3.8) is 0 Å². The molecule has 1 heterocycles. The number of ether oxygens (including phenoxy) is 1. The molecule has 1 amide bonds. The Morgan fingerprint density at radius 3 is 2.40 bits per heavy atom. The topological polar surface area (TPSA) is 80.6 Å². The molecule has 7 heteroatoms. The standard InChI is InChI=1S/C28H27FN2O4/c1-18(2)16-31-25(15-30-28(33)34)26(20-8-10-21(29)11-9-20)24-14-22(12-13-23(24)27(31)32)35-17-19-6-4-3-5-7-19/h3-14,18,30H,15-17H2,1-2H3,(H,33,34). The second kappa shape index (κ2) is 10.4. The molecule has 4 rings (SSSR count). The molecule has 4 aromatic rings. The second-order valence-electron chi connectivity index (χ2n) is 8.78. The number of fused-ring (bicyclic) bond motifs is 1. The molecule has 1 aromatic heterocycles. The second-order valence-corrected chi connectivity index (χ2v) is 8.78. The summed E-state index contributed by atoms with van der Waals surface area (Å²) in [6.07, 6.45) is -1.20. The molecule has 0 radical (unpaired) electrons. The summed E-state index contributed by atoms with van der Waals surface area (Å²) in [5.74, 6) is 0.330. The molecule has 0 atom stereocenters. The van der Waals surface area contributed by atoms with E-state index >= 15 is 0 Å². The monoisotopic (exact) mass is 474 g/mol. The van der Waals surface area contributed by atoms with E-state index in [0.717, 1.165) is 5.56 Å². The predicted molar refractivity (Wildman–Crippen MR) is 134 cm³/mol. The summed E-state index contributed by atoms with van der Waals surface area (Å²) >= 11 is 0. The molecular formula is C28H27FN2O4. The van der Waals surface area contributed by atoms with Crippen molar-refractivity contribution in [2.75, 3.05) is 0 Å². The molecule has 2 N–H and O–H groups in total. The van der Waals surface area contributed by atoms with Crippen LogP contribution in [0.5, 0.6) is 5.75 Å². The maximum atomic E-state index is 13.7. The number of amides is 1. The Hall–Kier alpha value is -4.13. The van der Waals surface area contributed by atoms with Gasteiger partial charge < -0.3 is 19.7 Å². The summed E-state index contributed by atoms with van der Waals surface area (Å²) in [5.41, 5.74) is 2.65. The Bertz CT molecular complexity index is 1400. The van der Waals surface area contributed by atoms with E-state index in [1.165, 1.54) is 12.1 Å². The first-order chi connectivity index (χ1) is 16.8. The molecular weight excluding hydrogens is 447 g/mol. The Morgan fingerprint density at radius 1 is 1.03 bits per heavy atom. The summed E-state index contributed by atoms with van der Waals surface area (Å²) in [6.45, 7) is 4.67. The van der Waals surface area contributed by atoms with Crippen LogP contribution in [0.2, 0.25) is 0 Å². The summed E-state index contributed by atoms with van der Waals surface area (Å²) < 4.78 is 21.4. The van der Waals surface area contributed by atoms with Crippen molar-refractivity contribution in [2.24, 2.45) is 5.92 Å². The third-order valence-electron chi connectivity index (χ3n) is 5.69. The number of benzene rings is 3. The first-order valence-electron chi connectivity index (χ1n) is 11.4. The maximum Gasteiger partial charge on any atom is 0.404 e. The molecule has 0 bridgehead atoms. The van der Waals surface area contributed by atoms with E-state index in [-0.39, 0.29) is 23.8 Å². The van der Waals surface area contributed by atoms with Gasteiger partial charge in [-0.25, -0.2) is 9.18 Å². The predicted octanol–water partition coefficient (Wildman–Crippen LogP) is 5.81. The lowest BCUT2D eigenvalue weighted by Crippen LogP contribution is -2.31. The summed E-state index contributed by atoms with van der Waals surface area (Å²) in [7, 11) is 0. The fraction of sp³-hybridized carbons (Fsp3) is 0.214. The third kappa shape index (κ3) is 5.51. The zero-order valence-corrected chi connectivity index (χ0v) is 19.6. The maximum absolute atomic E-state index is 13.7. The largest absolute Gasteiger partial charge is 0.489 e. The number of rotatable bonds is 8. The molecule has 0 aliphatic carbocycles. The molecule has 35 heavy (non-hydrogen) atoms. The number of carbonyl (C=O) groups is 1. The van der Waals surface area contributed by atoms with Gasteiger partial charge in [-0.05, 0) is 47.4 Å². The van der Waals surface area contributed by atoms with Crippen LogP contribution in [0, 0.1) is 11.7 Å². The Morgan fingerprint density at radius 2 is 1.74 bits per heavy atom. The van der Waals surface area contributed by atoms with Gasteiger partial charge in [-0.2, -0.15) is 0 Å². The smallest absolute Gasteiger partial charge is 0.404 e. The fourth-order valence-corrected chi connectivity index (χ4v) is 4.15. The van der Waals surface area contributed by atoms with Gasteiger partial charge in [-0.15, -0.1) is 0 Å². The average molecular weight is 475 g/mol. The lowest BCUT2D eigenvalue weighted by molar-refractivity contribution is 0.193. The highest BCUT2D eigenvalue weighted by molar-refractivity contribution is 5.98. The van der Waals surface area contributed by atoms with Gasteiger partial charge in [0, 0.05) is 28.6 Å². The van der Waals surface area contributed by atoms with Gasteiger partial charge in [0.15, 0.2) is 0 Å². The molecule has 6 nitrogen and oxygen atoms in total. The van der Waals surface area contributed by atoms with Crippen molar-refractivity contribution in [2.45, 2.75) is 33.5 Å². The van der Waals surface area contributed by atoms with E-state index in [0.29, 0.717) is 46.5 Å². The first-order valence-corrected chi connectivity index (χ1v) is 11.4. The molecule has 0 saturated carbocycles. The Balaban J connectivity index is 1.93. The van der Waals surface area contributed by atoms with Crippen LogP contribution in [0.15, 0.2) is 77.6 Å². The van der Waals surface area contributed by atoms with Crippen LogP contribution in [-0.2, 0) is 19.7 Å². The summed E-state index contributed by atoms with van der Waals surface area (Å²) in [5, 5.41) is 12.8. The molecule has 0 unspecified atom stereocenters. The van der Waals surface area contributed by atoms with Crippen molar-refractivity contribution in [1.29, 1.82) is 0 Å². The van der Waals surface area contributed by atoms with E-state index in [2.05, 4.69) is 5.32 Å². The van der Waals surface area contributed by atoms with Crippen LogP contribution in [0.25, 0.3) is 21.9 Å². The molecule has 0 spiro atoms. The number of aromatic nitrogens is 1. The lowest BCUT2D eigenvalue weighted by Gasteiger charge is -2.22. The van der Waals surface area contributed by atoms with Crippen molar-refractivity contribution in [3.05, 3.63) is 100 Å². The van der Waals surface area contributed by atoms with Gasteiger partial charge in [0.2, 0.25) is 0 Å². The Kier molecular flexibility index (Phi) is 7.15.